The normalized spacial score (nSPS) is 12.9. The lowest BCUT2D eigenvalue weighted by atomic mass is 10.1. The van der Waals surface area contributed by atoms with Crippen LogP contribution in [-0.2, 0) is 20.7 Å². The van der Waals surface area contributed by atoms with E-state index in [2.05, 4.69) is 5.32 Å². The summed E-state index contributed by atoms with van der Waals surface area (Å²) in [6.45, 7) is 3.39. The van der Waals surface area contributed by atoms with Crippen LogP contribution in [0.5, 0.6) is 5.75 Å². The van der Waals surface area contributed by atoms with E-state index in [9.17, 15) is 14.9 Å². The van der Waals surface area contributed by atoms with Crippen molar-refractivity contribution in [2.45, 2.75) is 38.8 Å². The first-order valence-corrected chi connectivity index (χ1v) is 9.74. The van der Waals surface area contributed by atoms with Gasteiger partial charge in [-0.25, -0.2) is 4.79 Å². The molecular weight excluding hydrogens is 380 g/mol. The highest BCUT2D eigenvalue weighted by atomic mass is 16.5. The van der Waals surface area contributed by atoms with Gasteiger partial charge in [0.1, 0.15) is 17.4 Å². The van der Waals surface area contributed by atoms with Gasteiger partial charge < -0.3 is 14.8 Å². The molecule has 0 aliphatic rings. The predicted octanol–water partition coefficient (Wildman–Crippen LogP) is 3.67. The number of aryl methyl sites for hydroxylation is 1. The standard InChI is InChI=1S/C24H26N2O4/c1-17(9-10-19-7-5-4-6-8-19)26-23(27)18(2)30-24(28)21(16-25)15-20-11-13-22(29-3)14-12-20/h4-8,11-15,17-18H,9-10H2,1-3H3,(H,26,27)/b21-15+/t17-,18+/m0/s1. The van der Waals surface area contributed by atoms with Crippen LogP contribution in [-0.4, -0.2) is 31.1 Å². The molecule has 1 amide bonds. The van der Waals surface area contributed by atoms with Gasteiger partial charge in [0.15, 0.2) is 6.10 Å². The summed E-state index contributed by atoms with van der Waals surface area (Å²) >= 11 is 0. The van der Waals surface area contributed by atoms with Crippen LogP contribution in [0.25, 0.3) is 6.08 Å². The molecule has 1 N–H and O–H groups in total. The Morgan fingerprint density at radius 2 is 1.77 bits per heavy atom. The fourth-order valence-corrected chi connectivity index (χ4v) is 2.74. The molecule has 156 valence electrons. The number of nitriles is 1. The van der Waals surface area contributed by atoms with Crippen LogP contribution in [0.3, 0.4) is 0 Å². The van der Waals surface area contributed by atoms with Crippen LogP contribution in [0.2, 0.25) is 0 Å². The van der Waals surface area contributed by atoms with Crippen LogP contribution in [0.4, 0.5) is 0 Å². The maximum Gasteiger partial charge on any atom is 0.349 e. The molecule has 0 heterocycles. The number of carbonyl (C=O) groups excluding carboxylic acids is 2. The van der Waals surface area contributed by atoms with E-state index in [0.717, 1.165) is 12.8 Å². The Hall–Kier alpha value is -3.59. The molecule has 0 spiro atoms. The fraction of sp³-hybridized carbons (Fsp3) is 0.292. The van der Waals surface area contributed by atoms with E-state index >= 15 is 0 Å². The maximum absolute atomic E-state index is 12.3. The molecule has 0 saturated carbocycles. The molecule has 2 aromatic rings. The largest absolute Gasteiger partial charge is 0.497 e. The van der Waals surface area contributed by atoms with E-state index in [-0.39, 0.29) is 11.6 Å². The van der Waals surface area contributed by atoms with Gasteiger partial charge in [-0.05, 0) is 56.0 Å². The lowest BCUT2D eigenvalue weighted by molar-refractivity contribution is -0.151. The number of esters is 1. The highest BCUT2D eigenvalue weighted by molar-refractivity contribution is 5.99. The highest BCUT2D eigenvalue weighted by Crippen LogP contribution is 2.15. The van der Waals surface area contributed by atoms with Crippen LogP contribution in [0.15, 0.2) is 60.2 Å². The van der Waals surface area contributed by atoms with Crippen molar-refractivity contribution < 1.29 is 19.1 Å². The summed E-state index contributed by atoms with van der Waals surface area (Å²) in [5, 5.41) is 12.1. The number of benzene rings is 2. The average Bonchev–Trinajstić information content (AvgIpc) is 2.77. The van der Waals surface area contributed by atoms with Gasteiger partial charge in [0, 0.05) is 6.04 Å². The van der Waals surface area contributed by atoms with Crippen molar-refractivity contribution in [1.82, 2.24) is 5.32 Å². The smallest absolute Gasteiger partial charge is 0.349 e. The van der Waals surface area contributed by atoms with Crippen LogP contribution in [0.1, 0.15) is 31.4 Å². The molecule has 0 aromatic heterocycles. The minimum absolute atomic E-state index is 0.0795. The van der Waals surface area contributed by atoms with Gasteiger partial charge in [0.2, 0.25) is 0 Å². The topological polar surface area (TPSA) is 88.4 Å². The van der Waals surface area contributed by atoms with E-state index in [1.165, 1.54) is 18.6 Å². The summed E-state index contributed by atoms with van der Waals surface area (Å²) in [6.07, 6.45) is 2.00. The molecule has 0 saturated heterocycles. The first kappa shape index (κ1) is 22.7. The van der Waals surface area contributed by atoms with Gasteiger partial charge >= 0.3 is 5.97 Å². The van der Waals surface area contributed by atoms with Crippen LogP contribution in [0, 0.1) is 11.3 Å². The van der Waals surface area contributed by atoms with E-state index in [4.69, 9.17) is 9.47 Å². The Morgan fingerprint density at radius 3 is 2.37 bits per heavy atom. The molecule has 2 atom stereocenters. The summed E-state index contributed by atoms with van der Waals surface area (Å²) in [5.41, 5.74) is 1.66. The SMILES string of the molecule is COc1ccc(/C=C(\C#N)C(=O)O[C@H](C)C(=O)N[C@@H](C)CCc2ccccc2)cc1. The number of nitrogens with zero attached hydrogens (tertiary/aromatic N) is 1. The minimum atomic E-state index is -1.01. The van der Waals surface area contributed by atoms with Crippen molar-refractivity contribution >= 4 is 18.0 Å². The number of hydrogen-bond acceptors (Lipinski definition) is 5. The van der Waals surface area contributed by atoms with Crippen molar-refractivity contribution in [3.8, 4) is 11.8 Å². The molecule has 0 bridgehead atoms. The lowest BCUT2D eigenvalue weighted by Gasteiger charge is -2.18. The van der Waals surface area contributed by atoms with Gasteiger partial charge in [-0.1, -0.05) is 42.5 Å². The Labute approximate surface area is 177 Å². The number of methoxy groups -OCH3 is 1. The second-order valence-corrected chi connectivity index (χ2v) is 6.92. The quantitative estimate of drug-likeness (QED) is 0.390. The first-order chi connectivity index (χ1) is 14.4. The number of carbonyl (C=O) groups is 2. The minimum Gasteiger partial charge on any atom is -0.497 e. The molecular formula is C24H26N2O4. The zero-order valence-corrected chi connectivity index (χ0v) is 17.4. The molecule has 2 rings (SSSR count). The number of amides is 1. The van der Waals surface area contributed by atoms with Gasteiger partial charge in [-0.3, -0.25) is 4.79 Å². The van der Waals surface area contributed by atoms with Crippen molar-refractivity contribution in [3.63, 3.8) is 0 Å². The predicted molar refractivity (Wildman–Crippen MR) is 115 cm³/mol. The van der Waals surface area contributed by atoms with E-state index < -0.39 is 18.0 Å². The van der Waals surface area contributed by atoms with Gasteiger partial charge in [-0.15, -0.1) is 0 Å². The van der Waals surface area contributed by atoms with E-state index in [1.54, 1.807) is 31.4 Å². The fourth-order valence-electron chi connectivity index (χ4n) is 2.74. The molecule has 6 nitrogen and oxygen atoms in total. The van der Waals surface area contributed by atoms with Gasteiger partial charge in [-0.2, -0.15) is 5.26 Å². The first-order valence-electron chi connectivity index (χ1n) is 9.74. The zero-order valence-electron chi connectivity index (χ0n) is 17.4. The number of rotatable bonds is 9. The maximum atomic E-state index is 12.3. The second kappa shape index (κ2) is 11.4. The van der Waals surface area contributed by atoms with Gasteiger partial charge in [0.25, 0.3) is 5.91 Å². The molecule has 0 fully saturated rings. The van der Waals surface area contributed by atoms with Crippen molar-refractivity contribution in [2.75, 3.05) is 7.11 Å². The summed E-state index contributed by atoms with van der Waals surface area (Å²) < 4.78 is 10.3. The third-order valence-electron chi connectivity index (χ3n) is 4.52. The highest BCUT2D eigenvalue weighted by Gasteiger charge is 2.21. The van der Waals surface area contributed by atoms with E-state index in [1.807, 2.05) is 43.3 Å². The summed E-state index contributed by atoms with van der Waals surface area (Å²) in [7, 11) is 1.55. The van der Waals surface area contributed by atoms with Crippen molar-refractivity contribution in [3.05, 3.63) is 71.3 Å². The van der Waals surface area contributed by atoms with Crippen molar-refractivity contribution in [2.24, 2.45) is 0 Å². The molecule has 0 aliphatic carbocycles. The third kappa shape index (κ3) is 7.10. The Balaban J connectivity index is 1.88. The monoisotopic (exact) mass is 406 g/mol. The lowest BCUT2D eigenvalue weighted by Crippen LogP contribution is -2.41. The number of hydrogen-bond donors (Lipinski definition) is 1. The Bertz CT molecular complexity index is 914. The Kier molecular flexibility index (Phi) is 8.64. The van der Waals surface area contributed by atoms with Crippen LogP contribution < -0.4 is 10.1 Å². The summed E-state index contributed by atoms with van der Waals surface area (Å²) in [5.74, 6) is -0.571. The number of ether oxygens (including phenoxy) is 2. The molecule has 0 aliphatic heterocycles. The molecule has 6 heteroatoms. The Morgan fingerprint density at radius 1 is 1.10 bits per heavy atom. The second-order valence-electron chi connectivity index (χ2n) is 6.92. The molecule has 30 heavy (non-hydrogen) atoms. The van der Waals surface area contributed by atoms with Gasteiger partial charge in [0.05, 0.1) is 7.11 Å². The molecule has 0 radical (unpaired) electrons. The number of nitrogens with one attached hydrogen (secondary N) is 1. The third-order valence-corrected chi connectivity index (χ3v) is 4.52. The summed E-state index contributed by atoms with van der Waals surface area (Å²) in [6, 6.07) is 18.6. The van der Waals surface area contributed by atoms with Crippen molar-refractivity contribution in [1.29, 1.82) is 5.26 Å². The summed E-state index contributed by atoms with van der Waals surface area (Å²) in [4.78, 5) is 24.6. The average molecular weight is 406 g/mol. The van der Waals surface area contributed by atoms with Crippen LogP contribution >= 0.6 is 0 Å². The zero-order chi connectivity index (χ0) is 21.9. The van der Waals surface area contributed by atoms with E-state index in [0.29, 0.717) is 11.3 Å². The molecule has 2 aromatic carbocycles. The molecule has 0 unspecified atom stereocenters.